The Labute approximate surface area is 205 Å². The molecular weight excluding hydrogens is 442 g/mol. The molecule has 1 aliphatic rings. The van der Waals surface area contributed by atoms with E-state index in [9.17, 15) is 14.7 Å². The van der Waals surface area contributed by atoms with E-state index < -0.39 is 11.6 Å². The van der Waals surface area contributed by atoms with Gasteiger partial charge in [-0.3, -0.25) is 9.48 Å². The predicted molar refractivity (Wildman–Crippen MR) is 132 cm³/mol. The summed E-state index contributed by atoms with van der Waals surface area (Å²) in [5.74, 6) is 5.06. The van der Waals surface area contributed by atoms with Crippen molar-refractivity contribution in [1.29, 1.82) is 0 Å². The average Bonchev–Trinajstić information content (AvgIpc) is 3.20. The number of rotatable bonds is 5. The Kier molecular flexibility index (Phi) is 7.04. The lowest BCUT2D eigenvalue weighted by molar-refractivity contribution is 0.0513. The molecule has 1 amide bonds. The van der Waals surface area contributed by atoms with Gasteiger partial charge in [-0.2, -0.15) is 5.10 Å². The Balaban J connectivity index is 1.61. The summed E-state index contributed by atoms with van der Waals surface area (Å²) in [5.41, 5.74) is 3.06. The summed E-state index contributed by atoms with van der Waals surface area (Å²) in [4.78, 5) is 27.8. The molecule has 1 aromatic heterocycles. The SMILES string of the molecule is CCOC(=O)c1nn(Cc2ccccc2)c2c1CN(C(=O)c1cccc(C#CC(C)(C)O)c1)CC2. The van der Waals surface area contributed by atoms with Crippen LogP contribution in [0.3, 0.4) is 0 Å². The van der Waals surface area contributed by atoms with E-state index in [0.717, 1.165) is 16.8 Å². The van der Waals surface area contributed by atoms with Crippen LogP contribution in [0.25, 0.3) is 0 Å². The zero-order valence-corrected chi connectivity index (χ0v) is 20.2. The van der Waals surface area contributed by atoms with E-state index in [2.05, 4.69) is 16.9 Å². The van der Waals surface area contributed by atoms with Crippen molar-refractivity contribution in [2.75, 3.05) is 13.2 Å². The van der Waals surface area contributed by atoms with Crippen LogP contribution in [0.4, 0.5) is 0 Å². The highest BCUT2D eigenvalue weighted by molar-refractivity contribution is 5.95. The molecule has 1 N–H and O–H groups in total. The van der Waals surface area contributed by atoms with Crippen molar-refractivity contribution in [2.45, 2.75) is 45.9 Å². The standard InChI is InChI=1S/C28H29N3O4/c1-4-35-27(33)25-23-19-30(16-14-24(23)31(29-25)18-21-9-6-5-7-10-21)26(32)22-12-8-11-20(17-22)13-15-28(2,3)34/h5-12,17,34H,4,14,16,18-19H2,1-3H3. The molecule has 3 aromatic rings. The molecule has 0 aliphatic carbocycles. The number of hydrogen-bond acceptors (Lipinski definition) is 5. The van der Waals surface area contributed by atoms with Crippen LogP contribution in [0.1, 0.15) is 64.0 Å². The summed E-state index contributed by atoms with van der Waals surface area (Å²) in [6.07, 6.45) is 0.582. The first kappa shape index (κ1) is 24.2. The lowest BCUT2D eigenvalue weighted by Gasteiger charge is -2.28. The number of benzene rings is 2. The number of nitrogens with zero attached hydrogens (tertiary/aromatic N) is 3. The van der Waals surface area contributed by atoms with E-state index in [0.29, 0.717) is 30.6 Å². The molecule has 0 spiro atoms. The van der Waals surface area contributed by atoms with Crippen molar-refractivity contribution >= 4 is 11.9 Å². The second-order valence-electron chi connectivity index (χ2n) is 9.00. The van der Waals surface area contributed by atoms with E-state index >= 15 is 0 Å². The van der Waals surface area contributed by atoms with Crippen molar-refractivity contribution < 1.29 is 19.4 Å². The number of esters is 1. The van der Waals surface area contributed by atoms with E-state index in [1.54, 1.807) is 49.9 Å². The van der Waals surface area contributed by atoms with E-state index in [-0.39, 0.29) is 24.8 Å². The van der Waals surface area contributed by atoms with E-state index in [1.807, 2.05) is 35.0 Å². The van der Waals surface area contributed by atoms with Crippen LogP contribution < -0.4 is 0 Å². The fourth-order valence-electron chi connectivity index (χ4n) is 4.05. The molecule has 0 bridgehead atoms. The fraction of sp³-hybridized carbons (Fsp3) is 0.321. The Morgan fingerprint density at radius 2 is 1.91 bits per heavy atom. The highest BCUT2D eigenvalue weighted by Gasteiger charge is 2.31. The van der Waals surface area contributed by atoms with Crippen LogP contribution in [0.15, 0.2) is 54.6 Å². The molecule has 0 saturated heterocycles. The molecule has 0 radical (unpaired) electrons. The summed E-state index contributed by atoms with van der Waals surface area (Å²) in [7, 11) is 0. The number of aromatic nitrogens is 2. The lowest BCUT2D eigenvalue weighted by Crippen LogP contribution is -2.36. The molecule has 0 fully saturated rings. The highest BCUT2D eigenvalue weighted by atomic mass is 16.5. The first-order valence-corrected chi connectivity index (χ1v) is 11.7. The second-order valence-corrected chi connectivity index (χ2v) is 9.00. The predicted octanol–water partition coefficient (Wildman–Crippen LogP) is 3.43. The molecule has 0 saturated carbocycles. The molecule has 7 heteroatoms. The maximum atomic E-state index is 13.4. The minimum atomic E-state index is -1.12. The topological polar surface area (TPSA) is 84.7 Å². The highest BCUT2D eigenvalue weighted by Crippen LogP contribution is 2.26. The van der Waals surface area contributed by atoms with E-state index in [1.165, 1.54) is 0 Å². The minimum Gasteiger partial charge on any atom is -0.461 e. The zero-order chi connectivity index (χ0) is 25.0. The number of hydrogen-bond donors (Lipinski definition) is 1. The van der Waals surface area contributed by atoms with Crippen molar-refractivity contribution in [3.05, 3.63) is 88.2 Å². The molecule has 1 aliphatic heterocycles. The molecule has 35 heavy (non-hydrogen) atoms. The van der Waals surface area contributed by atoms with Crippen LogP contribution in [0.5, 0.6) is 0 Å². The zero-order valence-electron chi connectivity index (χ0n) is 20.2. The van der Waals surface area contributed by atoms with Crippen molar-refractivity contribution in [3.8, 4) is 11.8 Å². The molecule has 0 unspecified atom stereocenters. The first-order chi connectivity index (χ1) is 16.7. The number of carbonyl (C=O) groups is 2. The first-order valence-electron chi connectivity index (χ1n) is 11.7. The summed E-state index contributed by atoms with van der Waals surface area (Å²) in [6, 6.07) is 17.0. The molecule has 7 nitrogen and oxygen atoms in total. The van der Waals surface area contributed by atoms with Gasteiger partial charge in [-0.05, 0) is 44.5 Å². The van der Waals surface area contributed by atoms with Gasteiger partial charge in [0.2, 0.25) is 0 Å². The van der Waals surface area contributed by atoms with Gasteiger partial charge in [0.25, 0.3) is 5.91 Å². The van der Waals surface area contributed by atoms with Gasteiger partial charge in [-0.15, -0.1) is 0 Å². The Morgan fingerprint density at radius 1 is 1.14 bits per heavy atom. The smallest absolute Gasteiger partial charge is 0.359 e. The maximum absolute atomic E-state index is 13.4. The summed E-state index contributed by atoms with van der Waals surface area (Å²) >= 11 is 0. The van der Waals surface area contributed by atoms with Gasteiger partial charge in [0.05, 0.1) is 19.7 Å². The number of carbonyl (C=O) groups excluding carboxylic acids is 2. The second kappa shape index (κ2) is 10.2. The normalized spacial score (nSPS) is 13.0. The number of aliphatic hydroxyl groups is 1. The third-order valence-corrected chi connectivity index (χ3v) is 5.69. The van der Waals surface area contributed by atoms with Gasteiger partial charge in [0.1, 0.15) is 5.60 Å². The Bertz CT molecular complexity index is 1290. The third kappa shape index (κ3) is 5.79. The Hall–Kier alpha value is -3.89. The number of amides is 1. The van der Waals surface area contributed by atoms with Gasteiger partial charge in [-0.25, -0.2) is 4.79 Å². The van der Waals surface area contributed by atoms with Crippen molar-refractivity contribution in [2.24, 2.45) is 0 Å². The monoisotopic (exact) mass is 471 g/mol. The van der Waals surface area contributed by atoms with Gasteiger partial charge < -0.3 is 14.7 Å². The lowest BCUT2D eigenvalue weighted by atomic mass is 10.0. The van der Waals surface area contributed by atoms with Crippen LogP contribution >= 0.6 is 0 Å². The molecule has 2 aromatic carbocycles. The van der Waals surface area contributed by atoms with Gasteiger partial charge >= 0.3 is 5.97 Å². The third-order valence-electron chi connectivity index (χ3n) is 5.69. The number of fused-ring (bicyclic) bond motifs is 1. The summed E-state index contributed by atoms with van der Waals surface area (Å²) in [6.45, 7) is 6.55. The summed E-state index contributed by atoms with van der Waals surface area (Å²) in [5, 5.41) is 14.5. The van der Waals surface area contributed by atoms with Crippen molar-refractivity contribution in [3.63, 3.8) is 0 Å². The minimum absolute atomic E-state index is 0.145. The number of ether oxygens (including phenoxy) is 1. The summed E-state index contributed by atoms with van der Waals surface area (Å²) < 4.78 is 7.11. The van der Waals surface area contributed by atoms with Crippen LogP contribution in [0.2, 0.25) is 0 Å². The molecule has 180 valence electrons. The van der Waals surface area contributed by atoms with Crippen LogP contribution in [0, 0.1) is 11.8 Å². The van der Waals surface area contributed by atoms with Gasteiger partial charge in [0, 0.05) is 35.3 Å². The molecular formula is C28H29N3O4. The Morgan fingerprint density at radius 3 is 2.63 bits per heavy atom. The van der Waals surface area contributed by atoms with Crippen LogP contribution in [-0.4, -0.2) is 50.4 Å². The molecule has 0 atom stereocenters. The quantitative estimate of drug-likeness (QED) is 0.455. The molecule has 2 heterocycles. The van der Waals surface area contributed by atoms with E-state index in [4.69, 9.17) is 4.74 Å². The average molecular weight is 472 g/mol. The molecule has 4 rings (SSSR count). The van der Waals surface area contributed by atoms with Crippen molar-refractivity contribution in [1.82, 2.24) is 14.7 Å². The van der Waals surface area contributed by atoms with Gasteiger partial charge in [-0.1, -0.05) is 48.2 Å². The fourth-order valence-corrected chi connectivity index (χ4v) is 4.05. The van der Waals surface area contributed by atoms with Gasteiger partial charge in [0.15, 0.2) is 5.69 Å². The largest absolute Gasteiger partial charge is 0.461 e. The maximum Gasteiger partial charge on any atom is 0.359 e. The van der Waals surface area contributed by atoms with Crippen LogP contribution in [-0.2, 0) is 24.2 Å².